The predicted molar refractivity (Wildman–Crippen MR) is 356 cm³/mol. The summed E-state index contributed by atoms with van der Waals surface area (Å²) in [5.74, 6) is 0. The number of hydrogen-bond acceptors (Lipinski definition) is 1. The second-order valence-electron chi connectivity index (χ2n) is 22.7. The van der Waals surface area contributed by atoms with Crippen LogP contribution in [0.1, 0.15) is 22.3 Å². The van der Waals surface area contributed by atoms with E-state index in [9.17, 15) is 0 Å². The summed E-state index contributed by atoms with van der Waals surface area (Å²) in [6, 6.07) is 122. The van der Waals surface area contributed by atoms with Gasteiger partial charge in [0.2, 0.25) is 0 Å². The minimum Gasteiger partial charge on any atom is -0.310 e. The third kappa shape index (κ3) is 7.73. The molecule has 0 amide bonds. The molecule has 0 bridgehead atoms. The van der Waals surface area contributed by atoms with E-state index >= 15 is 0 Å². The highest BCUT2D eigenvalue weighted by atomic mass is 15.1. The van der Waals surface area contributed by atoms with Crippen molar-refractivity contribution in [1.82, 2.24) is 4.57 Å². The van der Waals surface area contributed by atoms with Crippen LogP contribution in [-0.2, 0) is 5.41 Å². The van der Waals surface area contributed by atoms with Crippen LogP contribution in [0.2, 0.25) is 0 Å². The highest BCUT2D eigenvalue weighted by molar-refractivity contribution is 6.11. The molecule has 85 heavy (non-hydrogen) atoms. The summed E-state index contributed by atoms with van der Waals surface area (Å²) in [6.45, 7) is 0. The summed E-state index contributed by atoms with van der Waals surface area (Å²) in [5, 5.41) is 4.88. The summed E-state index contributed by atoms with van der Waals surface area (Å²) in [7, 11) is 0. The molecule has 17 rings (SSSR count). The lowest BCUT2D eigenvalue weighted by molar-refractivity contribution is 0.793. The fourth-order valence-electron chi connectivity index (χ4n) is 14.4. The van der Waals surface area contributed by atoms with Crippen LogP contribution in [0.25, 0.3) is 116 Å². The van der Waals surface area contributed by atoms with E-state index in [2.05, 4.69) is 337 Å². The summed E-state index contributed by atoms with van der Waals surface area (Å²) in [6.07, 6.45) is 0. The second kappa shape index (κ2) is 19.6. The smallest absolute Gasteiger partial charge is 0.0726 e. The van der Waals surface area contributed by atoms with Crippen molar-refractivity contribution in [1.29, 1.82) is 0 Å². The Hall–Kier alpha value is -11.1. The van der Waals surface area contributed by atoms with E-state index in [-0.39, 0.29) is 0 Å². The zero-order valence-corrected chi connectivity index (χ0v) is 46.6. The van der Waals surface area contributed by atoms with E-state index in [4.69, 9.17) is 0 Å². The second-order valence-corrected chi connectivity index (χ2v) is 22.7. The maximum atomic E-state index is 2.48. The molecule has 0 unspecified atom stereocenters. The molecule has 1 spiro atoms. The minimum absolute atomic E-state index is 0.452. The topological polar surface area (TPSA) is 8.17 Å². The standard InChI is InChI=1S/C83H54N2/c1-3-21-55(22-4-1)58-25-19-26-59(47-58)63-49-64(60-42-41-56-23-7-8-24-57(56)48-60)52-68(51-63)85-81-40-18-14-36-75(81)76-53-62(43-46-82(76)85)70-32-10-9-31-69(70)61-27-20-30-66(50-61)84(65-28-5-2-6-29-65)67-44-45-74-73-35-13-17-39-79(73)83(80(74)54-67)77-37-15-11-33-71(77)72-34-12-16-38-78(72)83/h1-54H. The molecule has 2 nitrogen and oxygen atoms in total. The van der Waals surface area contributed by atoms with Crippen molar-refractivity contribution >= 4 is 49.6 Å². The Bertz CT molecular complexity index is 5080. The average Bonchev–Trinajstić information content (AvgIpc) is 1.56. The van der Waals surface area contributed by atoms with Gasteiger partial charge < -0.3 is 9.47 Å². The van der Waals surface area contributed by atoms with Gasteiger partial charge in [0.15, 0.2) is 0 Å². The predicted octanol–water partition coefficient (Wildman–Crippen LogP) is 22.1. The molecule has 1 heterocycles. The van der Waals surface area contributed by atoms with E-state index in [0.717, 1.165) is 33.8 Å². The molecule has 2 heteroatoms. The number of nitrogens with zero attached hydrogens (tertiary/aromatic N) is 2. The Morgan fingerprint density at radius 2 is 0.694 bits per heavy atom. The minimum atomic E-state index is -0.452. The number of fused-ring (bicyclic) bond motifs is 14. The molecule has 0 atom stereocenters. The van der Waals surface area contributed by atoms with Crippen molar-refractivity contribution in [3.63, 3.8) is 0 Å². The maximum absolute atomic E-state index is 2.48. The number of anilines is 3. The largest absolute Gasteiger partial charge is 0.310 e. The number of benzene rings is 14. The van der Waals surface area contributed by atoms with E-state index in [1.807, 2.05) is 0 Å². The Labute approximate surface area is 495 Å². The SMILES string of the molecule is c1ccc(-c2cccc(-c3cc(-c4ccc5ccccc5c4)cc(-n4c5ccccc5c5cc(-c6ccccc6-c6cccc(N(c7ccccc7)c7ccc8c(c7)C7(c9ccccc9-c9ccccc97)c7ccccc7-8)c6)ccc54)c3)c2)cc1. The van der Waals surface area contributed by atoms with E-state index < -0.39 is 5.41 Å². The Kier molecular flexibility index (Phi) is 11.2. The first-order valence-electron chi connectivity index (χ1n) is 29.5. The van der Waals surface area contributed by atoms with Gasteiger partial charge in [-0.25, -0.2) is 0 Å². The van der Waals surface area contributed by atoms with Gasteiger partial charge in [-0.15, -0.1) is 0 Å². The molecular formula is C83H54N2. The maximum Gasteiger partial charge on any atom is 0.0726 e. The first-order chi connectivity index (χ1) is 42.1. The number of aromatic nitrogens is 1. The van der Waals surface area contributed by atoms with Crippen LogP contribution >= 0.6 is 0 Å². The van der Waals surface area contributed by atoms with Gasteiger partial charge >= 0.3 is 0 Å². The van der Waals surface area contributed by atoms with Crippen LogP contribution in [0.4, 0.5) is 17.1 Å². The molecule has 2 aliphatic carbocycles. The molecular weight excluding hydrogens is 1020 g/mol. The lowest BCUT2D eigenvalue weighted by Crippen LogP contribution is -2.26. The van der Waals surface area contributed by atoms with Crippen LogP contribution in [0, 0.1) is 0 Å². The lowest BCUT2D eigenvalue weighted by atomic mass is 9.70. The van der Waals surface area contributed by atoms with Gasteiger partial charge in [0.25, 0.3) is 0 Å². The van der Waals surface area contributed by atoms with Crippen LogP contribution in [0.3, 0.4) is 0 Å². The summed E-state index contributed by atoms with van der Waals surface area (Å²) in [5.41, 5.74) is 28.6. The van der Waals surface area contributed by atoms with Gasteiger partial charge in [-0.2, -0.15) is 0 Å². The van der Waals surface area contributed by atoms with E-state index in [0.29, 0.717) is 0 Å². The van der Waals surface area contributed by atoms with Crippen LogP contribution in [0.15, 0.2) is 328 Å². The van der Waals surface area contributed by atoms with Gasteiger partial charge in [0, 0.05) is 33.5 Å². The third-order valence-electron chi connectivity index (χ3n) is 18.1. The molecule has 0 radical (unpaired) electrons. The van der Waals surface area contributed by atoms with Crippen molar-refractivity contribution in [3.8, 4) is 83.6 Å². The molecule has 0 N–H and O–H groups in total. The van der Waals surface area contributed by atoms with Crippen LogP contribution in [-0.4, -0.2) is 4.57 Å². The van der Waals surface area contributed by atoms with Gasteiger partial charge in [-0.3, -0.25) is 0 Å². The molecule has 15 aromatic rings. The molecule has 0 fully saturated rings. The average molecular weight is 1080 g/mol. The molecule has 0 aliphatic heterocycles. The summed E-state index contributed by atoms with van der Waals surface area (Å²) < 4.78 is 2.47. The number of hydrogen-bond donors (Lipinski definition) is 0. The Morgan fingerprint density at radius 1 is 0.224 bits per heavy atom. The molecule has 2 aliphatic rings. The number of para-hydroxylation sites is 2. The fourth-order valence-corrected chi connectivity index (χ4v) is 14.4. The zero-order chi connectivity index (χ0) is 56.0. The Balaban J connectivity index is 0.793. The monoisotopic (exact) mass is 1080 g/mol. The highest BCUT2D eigenvalue weighted by Crippen LogP contribution is 2.63. The lowest BCUT2D eigenvalue weighted by Gasteiger charge is -2.32. The zero-order valence-electron chi connectivity index (χ0n) is 46.6. The first kappa shape index (κ1) is 48.6. The van der Waals surface area contributed by atoms with Crippen molar-refractivity contribution in [3.05, 3.63) is 350 Å². The third-order valence-corrected chi connectivity index (χ3v) is 18.1. The van der Waals surface area contributed by atoms with Crippen LogP contribution in [0.5, 0.6) is 0 Å². The van der Waals surface area contributed by atoms with Crippen molar-refractivity contribution < 1.29 is 0 Å². The van der Waals surface area contributed by atoms with Gasteiger partial charge in [0.1, 0.15) is 0 Å². The van der Waals surface area contributed by atoms with E-state index in [1.54, 1.807) is 0 Å². The molecule has 0 saturated carbocycles. The van der Waals surface area contributed by atoms with Crippen LogP contribution < -0.4 is 4.90 Å². The summed E-state index contributed by atoms with van der Waals surface area (Å²) >= 11 is 0. The molecule has 0 saturated heterocycles. The van der Waals surface area contributed by atoms with Crippen molar-refractivity contribution in [2.75, 3.05) is 4.90 Å². The van der Waals surface area contributed by atoms with Gasteiger partial charge in [-0.1, -0.05) is 243 Å². The van der Waals surface area contributed by atoms with Gasteiger partial charge in [0.05, 0.1) is 16.4 Å². The molecule has 1 aromatic heterocycles. The number of rotatable bonds is 9. The van der Waals surface area contributed by atoms with Crippen molar-refractivity contribution in [2.24, 2.45) is 0 Å². The fraction of sp³-hybridized carbons (Fsp3) is 0.0120. The Morgan fingerprint density at radius 3 is 1.40 bits per heavy atom. The molecule has 396 valence electrons. The van der Waals surface area contributed by atoms with Gasteiger partial charge in [-0.05, 0) is 196 Å². The normalized spacial score (nSPS) is 12.6. The molecule has 14 aromatic carbocycles. The van der Waals surface area contributed by atoms with Crippen molar-refractivity contribution in [2.45, 2.75) is 5.41 Å². The highest BCUT2D eigenvalue weighted by Gasteiger charge is 2.51. The quantitative estimate of drug-likeness (QED) is 0.140. The summed E-state index contributed by atoms with van der Waals surface area (Å²) in [4.78, 5) is 2.44. The van der Waals surface area contributed by atoms with E-state index in [1.165, 1.54) is 122 Å². The first-order valence-corrected chi connectivity index (χ1v) is 29.5.